The van der Waals surface area contributed by atoms with Gasteiger partial charge in [0.2, 0.25) is 10.0 Å². The molecule has 0 aliphatic heterocycles. The van der Waals surface area contributed by atoms with E-state index in [1.165, 1.54) is 24.4 Å². The van der Waals surface area contributed by atoms with Crippen molar-refractivity contribution >= 4 is 27.6 Å². The number of nitrogens with one attached hydrogen (secondary N) is 2. The number of carboxylic acid groups (broad SMARTS) is 1. The number of sulfonamides is 1. The minimum atomic E-state index is -3.77. The van der Waals surface area contributed by atoms with Crippen LogP contribution in [0, 0.1) is 0 Å². The Kier molecular flexibility index (Phi) is 6.42. The Morgan fingerprint density at radius 1 is 0.938 bits per heavy atom. The standard InChI is InChI=1S/C23H23N3O5S/c1-23(2,3)26-32(30,31)19-9-5-4-7-17(19)15-10-12-16(13-11-15)21(27)25-18-8-6-14-24-20(18)22(28)29/h4-14,26H,1-3H3,(H,25,27)(H,28,29). The molecule has 9 heteroatoms. The fourth-order valence-corrected chi connectivity index (χ4v) is 4.72. The molecule has 0 atom stereocenters. The second kappa shape index (κ2) is 8.89. The lowest BCUT2D eigenvalue weighted by molar-refractivity contribution is 0.0691. The first-order chi connectivity index (χ1) is 15.0. The van der Waals surface area contributed by atoms with Gasteiger partial charge in [0.1, 0.15) is 0 Å². The molecule has 1 amide bonds. The number of anilines is 1. The van der Waals surface area contributed by atoms with E-state index in [-0.39, 0.29) is 21.8 Å². The average molecular weight is 454 g/mol. The highest BCUT2D eigenvalue weighted by Crippen LogP contribution is 2.28. The van der Waals surface area contributed by atoms with Crippen LogP contribution < -0.4 is 10.0 Å². The number of benzene rings is 2. The Morgan fingerprint density at radius 2 is 1.59 bits per heavy atom. The molecule has 3 rings (SSSR count). The minimum absolute atomic E-state index is 0.0822. The number of carbonyl (C=O) groups is 2. The number of rotatable bonds is 6. The van der Waals surface area contributed by atoms with Crippen LogP contribution in [0.3, 0.4) is 0 Å². The van der Waals surface area contributed by atoms with Gasteiger partial charge in [0.05, 0.1) is 10.6 Å². The summed E-state index contributed by atoms with van der Waals surface area (Å²) in [5.74, 6) is -1.76. The summed E-state index contributed by atoms with van der Waals surface area (Å²) in [6.07, 6.45) is 1.33. The van der Waals surface area contributed by atoms with Crippen LogP contribution in [-0.2, 0) is 10.0 Å². The van der Waals surface area contributed by atoms with Crippen molar-refractivity contribution in [2.75, 3.05) is 5.32 Å². The van der Waals surface area contributed by atoms with Crippen molar-refractivity contribution in [1.29, 1.82) is 0 Å². The molecule has 0 saturated carbocycles. The lowest BCUT2D eigenvalue weighted by Crippen LogP contribution is -2.40. The Morgan fingerprint density at radius 3 is 2.22 bits per heavy atom. The van der Waals surface area contributed by atoms with Crippen LogP contribution in [0.25, 0.3) is 11.1 Å². The summed E-state index contributed by atoms with van der Waals surface area (Å²) in [4.78, 5) is 27.7. The number of nitrogens with zero attached hydrogens (tertiary/aromatic N) is 1. The maximum Gasteiger partial charge on any atom is 0.356 e. The van der Waals surface area contributed by atoms with Crippen molar-refractivity contribution in [3.8, 4) is 11.1 Å². The minimum Gasteiger partial charge on any atom is -0.476 e. The summed E-state index contributed by atoms with van der Waals surface area (Å²) in [6.45, 7) is 5.29. The SMILES string of the molecule is CC(C)(C)NS(=O)(=O)c1ccccc1-c1ccc(C(=O)Nc2cccnc2C(=O)O)cc1. The van der Waals surface area contributed by atoms with Gasteiger partial charge < -0.3 is 10.4 Å². The Labute approximate surface area is 186 Å². The predicted molar refractivity (Wildman–Crippen MR) is 121 cm³/mol. The molecule has 32 heavy (non-hydrogen) atoms. The summed E-state index contributed by atoms with van der Waals surface area (Å²) in [7, 11) is -3.77. The molecule has 2 aromatic carbocycles. The van der Waals surface area contributed by atoms with Gasteiger partial charge >= 0.3 is 5.97 Å². The summed E-state index contributed by atoms with van der Waals surface area (Å²) >= 11 is 0. The van der Waals surface area contributed by atoms with E-state index in [1.54, 1.807) is 63.2 Å². The summed E-state index contributed by atoms with van der Waals surface area (Å²) in [5, 5.41) is 11.7. The van der Waals surface area contributed by atoms with Crippen LogP contribution in [0.5, 0.6) is 0 Å². The molecule has 166 valence electrons. The number of amides is 1. The lowest BCUT2D eigenvalue weighted by Gasteiger charge is -2.21. The van der Waals surface area contributed by atoms with Gasteiger partial charge in [-0.15, -0.1) is 0 Å². The van der Waals surface area contributed by atoms with Gasteiger partial charge in [-0.1, -0.05) is 30.3 Å². The van der Waals surface area contributed by atoms with Crippen LogP contribution in [0.1, 0.15) is 41.6 Å². The first-order valence-electron chi connectivity index (χ1n) is 9.71. The van der Waals surface area contributed by atoms with Gasteiger partial charge in [-0.25, -0.2) is 22.9 Å². The Balaban J connectivity index is 1.89. The van der Waals surface area contributed by atoms with Gasteiger partial charge in [-0.2, -0.15) is 0 Å². The number of aromatic carboxylic acids is 1. The molecular weight excluding hydrogens is 430 g/mol. The quantitative estimate of drug-likeness (QED) is 0.522. The van der Waals surface area contributed by atoms with Crippen molar-refractivity contribution in [1.82, 2.24) is 9.71 Å². The second-order valence-electron chi connectivity index (χ2n) is 8.09. The number of carboxylic acids is 1. The molecule has 0 bridgehead atoms. The molecule has 1 aromatic heterocycles. The molecule has 1 heterocycles. The number of hydrogen-bond acceptors (Lipinski definition) is 5. The lowest BCUT2D eigenvalue weighted by atomic mass is 10.0. The molecular formula is C23H23N3O5S. The molecule has 3 aromatic rings. The molecule has 0 radical (unpaired) electrons. The van der Waals surface area contributed by atoms with E-state index in [2.05, 4.69) is 15.0 Å². The smallest absolute Gasteiger partial charge is 0.356 e. The zero-order chi connectivity index (χ0) is 23.5. The van der Waals surface area contributed by atoms with E-state index in [4.69, 9.17) is 0 Å². The first-order valence-corrected chi connectivity index (χ1v) is 11.2. The number of carbonyl (C=O) groups excluding carboxylic acids is 1. The summed E-state index contributed by atoms with van der Waals surface area (Å²) in [6, 6.07) is 16.0. The molecule has 0 aliphatic rings. The Bertz CT molecular complexity index is 1260. The average Bonchev–Trinajstić information content (AvgIpc) is 2.72. The van der Waals surface area contributed by atoms with Crippen LogP contribution in [0.2, 0.25) is 0 Å². The first kappa shape index (κ1) is 23.1. The van der Waals surface area contributed by atoms with Gasteiger partial charge in [-0.3, -0.25) is 4.79 Å². The number of hydrogen-bond donors (Lipinski definition) is 3. The third-order valence-corrected chi connectivity index (χ3v) is 6.15. The van der Waals surface area contributed by atoms with Gasteiger partial charge in [0.25, 0.3) is 5.91 Å². The normalized spacial score (nSPS) is 11.7. The van der Waals surface area contributed by atoms with Crippen LogP contribution in [-0.4, -0.2) is 35.9 Å². The second-order valence-corrected chi connectivity index (χ2v) is 9.74. The molecule has 0 unspecified atom stereocenters. The third kappa shape index (κ3) is 5.37. The predicted octanol–water partition coefficient (Wildman–Crippen LogP) is 3.78. The van der Waals surface area contributed by atoms with E-state index in [0.29, 0.717) is 11.1 Å². The van der Waals surface area contributed by atoms with E-state index in [1.807, 2.05) is 0 Å². The van der Waals surface area contributed by atoms with Gasteiger partial charge in [0, 0.05) is 22.9 Å². The van der Waals surface area contributed by atoms with Crippen molar-refractivity contribution in [2.45, 2.75) is 31.2 Å². The van der Waals surface area contributed by atoms with Crippen LogP contribution in [0.4, 0.5) is 5.69 Å². The molecule has 8 nitrogen and oxygen atoms in total. The maximum absolute atomic E-state index is 12.9. The number of aromatic nitrogens is 1. The monoisotopic (exact) mass is 453 g/mol. The summed E-state index contributed by atoms with van der Waals surface area (Å²) in [5.41, 5.74) is 0.569. The molecule has 0 saturated heterocycles. The molecule has 0 spiro atoms. The van der Waals surface area contributed by atoms with E-state index < -0.39 is 27.4 Å². The molecule has 0 aliphatic carbocycles. The fraction of sp³-hybridized carbons (Fsp3) is 0.174. The largest absolute Gasteiger partial charge is 0.476 e. The van der Waals surface area contributed by atoms with E-state index in [0.717, 1.165) is 0 Å². The summed E-state index contributed by atoms with van der Waals surface area (Å²) < 4.78 is 28.4. The topological polar surface area (TPSA) is 125 Å². The highest BCUT2D eigenvalue weighted by Gasteiger charge is 2.25. The zero-order valence-electron chi connectivity index (χ0n) is 17.8. The maximum atomic E-state index is 12.9. The molecule has 3 N–H and O–H groups in total. The van der Waals surface area contributed by atoms with E-state index >= 15 is 0 Å². The van der Waals surface area contributed by atoms with Crippen molar-refractivity contribution in [2.24, 2.45) is 0 Å². The molecule has 0 fully saturated rings. The van der Waals surface area contributed by atoms with Crippen LogP contribution >= 0.6 is 0 Å². The van der Waals surface area contributed by atoms with Crippen LogP contribution in [0.15, 0.2) is 71.8 Å². The van der Waals surface area contributed by atoms with Crippen molar-refractivity contribution < 1.29 is 23.1 Å². The van der Waals surface area contributed by atoms with Gasteiger partial charge in [-0.05, 0) is 56.7 Å². The Hall–Kier alpha value is -3.56. The fourth-order valence-electron chi connectivity index (χ4n) is 3.07. The third-order valence-electron chi connectivity index (χ3n) is 4.33. The van der Waals surface area contributed by atoms with Crippen molar-refractivity contribution in [3.63, 3.8) is 0 Å². The van der Waals surface area contributed by atoms with E-state index in [9.17, 15) is 23.1 Å². The number of pyridine rings is 1. The zero-order valence-corrected chi connectivity index (χ0v) is 18.6. The van der Waals surface area contributed by atoms with Crippen molar-refractivity contribution in [3.05, 3.63) is 78.1 Å². The van der Waals surface area contributed by atoms with Gasteiger partial charge in [0.15, 0.2) is 5.69 Å². The highest BCUT2D eigenvalue weighted by molar-refractivity contribution is 7.89. The highest BCUT2D eigenvalue weighted by atomic mass is 32.2.